The number of halogens is 3. The molecule has 0 spiro atoms. The SMILES string of the molecule is CCCCCCCCn1c(-c2ccc(F)c(F)c2)c[n+]2cccnc12.[O-][Cl+3]([O-])([O-])[O-]. The van der Waals surface area contributed by atoms with Crippen LogP contribution in [0.15, 0.2) is 42.9 Å². The minimum Gasteiger partial charge on any atom is -0.225 e. The predicted octanol–water partition coefficient (Wildman–Crippen LogP) is 0.172. The Hall–Kier alpha value is -2.17. The quantitative estimate of drug-likeness (QED) is 0.363. The highest BCUT2D eigenvalue weighted by atomic mass is 35.7. The monoisotopic (exact) mass is 443 g/mol. The van der Waals surface area contributed by atoms with Crippen molar-refractivity contribution in [3.63, 3.8) is 0 Å². The lowest BCUT2D eigenvalue weighted by Crippen LogP contribution is -2.68. The van der Waals surface area contributed by atoms with E-state index in [0.717, 1.165) is 30.9 Å². The summed E-state index contributed by atoms with van der Waals surface area (Å²) in [7, 11) is -4.94. The van der Waals surface area contributed by atoms with Gasteiger partial charge in [0.25, 0.3) is 0 Å². The third kappa shape index (κ3) is 7.58. The summed E-state index contributed by atoms with van der Waals surface area (Å²) in [6.45, 7) is 3.02. The van der Waals surface area contributed by atoms with Crippen molar-refractivity contribution in [3.8, 4) is 11.3 Å². The summed E-state index contributed by atoms with van der Waals surface area (Å²) in [6, 6.07) is 5.90. The zero-order valence-corrected chi connectivity index (χ0v) is 17.4. The number of aromatic nitrogens is 3. The van der Waals surface area contributed by atoms with E-state index in [2.05, 4.69) is 16.5 Å². The Labute approximate surface area is 175 Å². The zero-order chi connectivity index (χ0) is 22.1. The third-order valence-corrected chi connectivity index (χ3v) is 4.50. The Bertz CT molecular complexity index is 941. The molecule has 0 aliphatic heterocycles. The molecule has 0 radical (unpaired) electrons. The Morgan fingerprint density at radius 2 is 1.67 bits per heavy atom. The van der Waals surface area contributed by atoms with Gasteiger partial charge in [0.05, 0.1) is 12.7 Å². The van der Waals surface area contributed by atoms with Crippen LogP contribution in [0.5, 0.6) is 0 Å². The average Bonchev–Trinajstić information content (AvgIpc) is 3.04. The van der Waals surface area contributed by atoms with Gasteiger partial charge in [0.15, 0.2) is 11.6 Å². The molecule has 0 aliphatic carbocycles. The largest absolute Gasteiger partial charge is 0.403 e. The number of unbranched alkanes of at least 4 members (excludes halogenated alkanes) is 5. The first-order valence-corrected chi connectivity index (χ1v) is 10.9. The van der Waals surface area contributed by atoms with Crippen LogP contribution in [0.2, 0.25) is 0 Å². The van der Waals surface area contributed by atoms with Gasteiger partial charge in [-0.25, -0.2) is 36.4 Å². The number of hydrogen-bond donors (Lipinski definition) is 0. The molecule has 2 aromatic heterocycles. The Kier molecular flexibility index (Phi) is 9.07. The molecule has 0 atom stereocenters. The number of aryl methyl sites for hydroxylation is 1. The van der Waals surface area contributed by atoms with Gasteiger partial charge in [-0.3, -0.25) is 0 Å². The minimum absolute atomic E-state index is 0.662. The van der Waals surface area contributed by atoms with E-state index in [9.17, 15) is 8.78 Å². The molecule has 1 aromatic carbocycles. The van der Waals surface area contributed by atoms with Gasteiger partial charge in [-0.15, -0.1) is 10.2 Å². The first kappa shape index (κ1) is 24.1. The Morgan fingerprint density at radius 1 is 1.00 bits per heavy atom. The number of benzene rings is 1. The van der Waals surface area contributed by atoms with Crippen LogP contribution in [0.4, 0.5) is 8.78 Å². The number of hydrogen-bond acceptors (Lipinski definition) is 5. The molecule has 0 bridgehead atoms. The lowest BCUT2D eigenvalue weighted by molar-refractivity contribution is -2.00. The summed E-state index contributed by atoms with van der Waals surface area (Å²) in [5.41, 5.74) is 1.52. The molecule has 0 saturated carbocycles. The van der Waals surface area contributed by atoms with Crippen LogP contribution < -0.4 is 23.0 Å². The van der Waals surface area contributed by atoms with Gasteiger partial charge in [-0.05, 0) is 24.6 Å². The van der Waals surface area contributed by atoms with Crippen molar-refractivity contribution < 1.29 is 42.1 Å². The maximum absolute atomic E-state index is 13.7. The van der Waals surface area contributed by atoms with E-state index in [0.29, 0.717) is 5.56 Å². The molecular formula is C20H24ClF2N3O4. The molecule has 0 saturated heterocycles. The summed E-state index contributed by atoms with van der Waals surface area (Å²) in [4.78, 5) is 4.45. The van der Waals surface area contributed by atoms with E-state index in [1.807, 2.05) is 22.9 Å². The highest BCUT2D eigenvalue weighted by Crippen LogP contribution is 2.23. The van der Waals surface area contributed by atoms with Crippen molar-refractivity contribution in [2.24, 2.45) is 0 Å². The van der Waals surface area contributed by atoms with E-state index < -0.39 is 21.9 Å². The molecule has 3 rings (SSSR count). The molecule has 10 heteroatoms. The lowest BCUT2D eigenvalue weighted by atomic mass is 10.1. The van der Waals surface area contributed by atoms with E-state index >= 15 is 0 Å². The van der Waals surface area contributed by atoms with Crippen LogP contribution in [0.1, 0.15) is 45.4 Å². The number of nitrogens with zero attached hydrogens (tertiary/aromatic N) is 3. The van der Waals surface area contributed by atoms with E-state index in [1.54, 1.807) is 12.3 Å². The predicted molar refractivity (Wildman–Crippen MR) is 94.1 cm³/mol. The third-order valence-electron chi connectivity index (χ3n) is 4.50. The first-order chi connectivity index (χ1) is 14.2. The second-order valence-electron chi connectivity index (χ2n) is 6.77. The molecule has 0 N–H and O–H groups in total. The van der Waals surface area contributed by atoms with Gasteiger partial charge < -0.3 is 0 Å². The lowest BCUT2D eigenvalue weighted by Gasteiger charge is -2.17. The van der Waals surface area contributed by atoms with Gasteiger partial charge in [0.2, 0.25) is 0 Å². The topological polar surface area (TPSA) is 114 Å². The van der Waals surface area contributed by atoms with Gasteiger partial charge in [0.1, 0.15) is 18.1 Å². The van der Waals surface area contributed by atoms with Crippen molar-refractivity contribution in [3.05, 3.63) is 54.5 Å². The maximum atomic E-state index is 13.7. The van der Waals surface area contributed by atoms with Crippen LogP contribution in [0.3, 0.4) is 0 Å². The molecular weight excluding hydrogens is 420 g/mol. The summed E-state index contributed by atoms with van der Waals surface area (Å²) < 4.78 is 64.9. The second kappa shape index (κ2) is 11.3. The Morgan fingerprint density at radius 3 is 2.33 bits per heavy atom. The normalized spacial score (nSPS) is 11.4. The number of imidazole rings is 1. The van der Waals surface area contributed by atoms with E-state index in [-0.39, 0.29) is 0 Å². The summed E-state index contributed by atoms with van der Waals surface area (Å²) in [5.74, 6) is -0.837. The summed E-state index contributed by atoms with van der Waals surface area (Å²) in [5, 5.41) is 0. The molecule has 2 heterocycles. The van der Waals surface area contributed by atoms with Crippen LogP contribution >= 0.6 is 0 Å². The molecule has 3 aromatic rings. The first-order valence-electron chi connectivity index (χ1n) is 9.63. The van der Waals surface area contributed by atoms with Gasteiger partial charge in [-0.1, -0.05) is 44.0 Å². The molecule has 0 amide bonds. The number of fused-ring (bicyclic) bond motifs is 1. The van der Waals surface area contributed by atoms with Crippen molar-refractivity contribution in [1.82, 2.24) is 9.55 Å². The summed E-state index contributed by atoms with van der Waals surface area (Å²) >= 11 is 0. The van der Waals surface area contributed by atoms with E-state index in [1.165, 1.54) is 37.8 Å². The van der Waals surface area contributed by atoms with Crippen molar-refractivity contribution in [2.45, 2.75) is 52.0 Å². The fraction of sp³-hybridized carbons (Fsp3) is 0.400. The summed E-state index contributed by atoms with van der Waals surface area (Å²) in [6.07, 6.45) is 12.8. The molecule has 0 aliphatic rings. The maximum Gasteiger partial charge on any atom is 0.403 e. The van der Waals surface area contributed by atoms with Crippen molar-refractivity contribution in [1.29, 1.82) is 0 Å². The van der Waals surface area contributed by atoms with Gasteiger partial charge in [-0.2, -0.15) is 0 Å². The molecule has 164 valence electrons. The van der Waals surface area contributed by atoms with Crippen LogP contribution in [-0.2, 0) is 6.54 Å². The van der Waals surface area contributed by atoms with Crippen molar-refractivity contribution >= 4 is 5.78 Å². The fourth-order valence-electron chi connectivity index (χ4n) is 3.15. The Balaban J connectivity index is 0.000000575. The minimum atomic E-state index is -4.94. The smallest absolute Gasteiger partial charge is 0.225 e. The van der Waals surface area contributed by atoms with Crippen molar-refractivity contribution in [2.75, 3.05) is 0 Å². The highest BCUT2D eigenvalue weighted by molar-refractivity contribution is 5.60. The number of rotatable bonds is 8. The fourth-order valence-corrected chi connectivity index (χ4v) is 3.15. The molecule has 0 unspecified atom stereocenters. The standard InChI is InChI=1S/C20H24F2N3.ClHO4/c1-2-3-4-5-6-7-13-25-19(15-24-12-8-11-23-20(24)25)16-9-10-17(21)18(22)14-16;2-1(3,4)5/h8-12,14-15H,2-7,13H2,1H3;(H,2,3,4,5)/q+1;/p-1. The molecule has 30 heavy (non-hydrogen) atoms. The highest BCUT2D eigenvalue weighted by Gasteiger charge is 2.19. The van der Waals surface area contributed by atoms with Gasteiger partial charge >= 0.3 is 5.78 Å². The molecule has 7 nitrogen and oxygen atoms in total. The van der Waals surface area contributed by atoms with Crippen LogP contribution in [0, 0.1) is 21.9 Å². The van der Waals surface area contributed by atoms with Crippen LogP contribution in [0.25, 0.3) is 17.0 Å². The zero-order valence-electron chi connectivity index (χ0n) is 16.6. The van der Waals surface area contributed by atoms with Gasteiger partial charge in [0, 0.05) is 11.6 Å². The van der Waals surface area contributed by atoms with E-state index in [4.69, 9.17) is 18.6 Å². The average molecular weight is 444 g/mol. The van der Waals surface area contributed by atoms with Crippen LogP contribution in [-0.4, -0.2) is 9.55 Å². The molecule has 0 fully saturated rings. The second-order valence-corrected chi connectivity index (χ2v) is 7.52.